The minimum Gasteiger partial charge on any atom is -0.344 e. The summed E-state index contributed by atoms with van der Waals surface area (Å²) in [4.78, 5) is 1.25. The van der Waals surface area contributed by atoms with E-state index in [1.165, 1.54) is 10.4 Å². The van der Waals surface area contributed by atoms with Crippen molar-refractivity contribution < 1.29 is 9.47 Å². The van der Waals surface area contributed by atoms with Gasteiger partial charge in [0, 0.05) is 4.88 Å². The first-order valence-corrected chi connectivity index (χ1v) is 7.07. The fourth-order valence-corrected chi connectivity index (χ4v) is 2.85. The highest BCUT2D eigenvalue weighted by atomic mass is 35.5. The van der Waals surface area contributed by atoms with E-state index in [0.29, 0.717) is 12.5 Å². The maximum atomic E-state index is 5.83. The number of hydrogen-bond donors (Lipinski definition) is 0. The van der Waals surface area contributed by atoms with Crippen LogP contribution in [-0.2, 0) is 9.47 Å². The molecule has 0 N–H and O–H groups in total. The second-order valence-electron chi connectivity index (χ2n) is 4.45. The molecule has 0 aliphatic carbocycles. The van der Waals surface area contributed by atoms with Crippen LogP contribution in [0.15, 0.2) is 17.0 Å². The lowest BCUT2D eigenvalue weighted by Gasteiger charge is -2.24. The van der Waals surface area contributed by atoms with Gasteiger partial charge < -0.3 is 9.47 Å². The molecule has 0 bridgehead atoms. The third-order valence-electron chi connectivity index (χ3n) is 3.07. The third kappa shape index (κ3) is 2.74. The van der Waals surface area contributed by atoms with Crippen LogP contribution in [0.2, 0.25) is 0 Å². The van der Waals surface area contributed by atoms with Gasteiger partial charge in [-0.05, 0) is 49.4 Å². The zero-order chi connectivity index (χ0) is 12.5. The fourth-order valence-electron chi connectivity index (χ4n) is 1.78. The summed E-state index contributed by atoms with van der Waals surface area (Å²) >= 11 is 7.51. The highest BCUT2D eigenvalue weighted by Gasteiger charge is 2.38. The summed E-state index contributed by atoms with van der Waals surface area (Å²) in [7, 11) is 0. The van der Waals surface area contributed by atoms with Crippen molar-refractivity contribution in [2.24, 2.45) is 0 Å². The van der Waals surface area contributed by atoms with Crippen LogP contribution in [0, 0.1) is 6.92 Å². The van der Waals surface area contributed by atoms with E-state index in [-0.39, 0.29) is 6.10 Å². The van der Waals surface area contributed by atoms with Gasteiger partial charge in [0.2, 0.25) is 0 Å². The van der Waals surface area contributed by atoms with Gasteiger partial charge >= 0.3 is 0 Å². The molecule has 2 rings (SSSR count). The molecule has 2 heterocycles. The van der Waals surface area contributed by atoms with Crippen molar-refractivity contribution in [2.45, 2.75) is 32.7 Å². The van der Waals surface area contributed by atoms with Gasteiger partial charge in [0.1, 0.15) is 0 Å². The van der Waals surface area contributed by atoms with Crippen LogP contribution >= 0.6 is 22.9 Å². The molecule has 0 aromatic carbocycles. The molecule has 2 atom stereocenters. The molecule has 94 valence electrons. The van der Waals surface area contributed by atoms with Gasteiger partial charge in [-0.2, -0.15) is 0 Å². The number of halogens is 1. The molecule has 1 aromatic heterocycles. The van der Waals surface area contributed by atoms with Gasteiger partial charge in [-0.3, -0.25) is 0 Å². The predicted molar refractivity (Wildman–Crippen MR) is 72.7 cm³/mol. The molecule has 1 aliphatic heterocycles. The van der Waals surface area contributed by atoms with E-state index in [1.807, 2.05) is 13.8 Å². The van der Waals surface area contributed by atoms with Crippen molar-refractivity contribution >= 4 is 29.0 Å². The second-order valence-corrected chi connectivity index (χ2v) is 5.70. The maximum Gasteiger partial charge on any atom is 0.188 e. The monoisotopic (exact) mass is 272 g/mol. The zero-order valence-corrected chi connectivity index (χ0v) is 11.9. The predicted octanol–water partition coefficient (Wildman–Crippen LogP) is 3.83. The molecule has 0 radical (unpaired) electrons. The van der Waals surface area contributed by atoms with E-state index in [0.717, 1.165) is 5.57 Å². The Bertz CT molecular complexity index is 427. The first-order valence-electron chi connectivity index (χ1n) is 5.66. The first kappa shape index (κ1) is 13.1. The van der Waals surface area contributed by atoms with Crippen LogP contribution in [0.1, 0.15) is 24.3 Å². The van der Waals surface area contributed by atoms with Crippen molar-refractivity contribution in [1.29, 1.82) is 0 Å². The number of ether oxygens (including phenoxy) is 2. The largest absolute Gasteiger partial charge is 0.344 e. The van der Waals surface area contributed by atoms with E-state index in [4.69, 9.17) is 21.1 Å². The molecule has 1 aliphatic rings. The number of rotatable bonds is 3. The van der Waals surface area contributed by atoms with E-state index in [9.17, 15) is 0 Å². The molecule has 0 saturated carbocycles. The van der Waals surface area contributed by atoms with Crippen molar-refractivity contribution in [3.8, 4) is 0 Å². The second kappa shape index (κ2) is 5.11. The third-order valence-corrected chi connectivity index (χ3v) is 4.38. The topological polar surface area (TPSA) is 18.5 Å². The molecular weight excluding hydrogens is 256 g/mol. The quantitative estimate of drug-likeness (QED) is 0.779. The SMILES string of the molecule is CC(=Cc1sccc1C)C1(C)OCC(CCl)O1. The first-order chi connectivity index (χ1) is 8.05. The van der Waals surface area contributed by atoms with E-state index < -0.39 is 5.79 Å². The minimum atomic E-state index is -0.629. The lowest BCUT2D eigenvalue weighted by atomic mass is 10.1. The average Bonchev–Trinajstić information content (AvgIpc) is 2.87. The van der Waals surface area contributed by atoms with Crippen molar-refractivity contribution in [1.82, 2.24) is 0 Å². The van der Waals surface area contributed by atoms with Crippen LogP contribution in [0.3, 0.4) is 0 Å². The molecule has 1 fully saturated rings. The summed E-state index contributed by atoms with van der Waals surface area (Å²) in [6, 6.07) is 2.12. The Hall–Kier alpha value is -0.350. The molecule has 2 unspecified atom stereocenters. The van der Waals surface area contributed by atoms with Gasteiger partial charge in [-0.1, -0.05) is 0 Å². The van der Waals surface area contributed by atoms with Crippen molar-refractivity contribution in [3.05, 3.63) is 27.5 Å². The van der Waals surface area contributed by atoms with Crippen LogP contribution in [0.25, 0.3) is 6.08 Å². The minimum absolute atomic E-state index is 0.00514. The summed E-state index contributed by atoms with van der Waals surface area (Å²) in [5, 5.41) is 2.09. The lowest BCUT2D eigenvalue weighted by molar-refractivity contribution is -0.119. The Morgan fingerprint density at radius 3 is 3.00 bits per heavy atom. The average molecular weight is 273 g/mol. The van der Waals surface area contributed by atoms with Crippen LogP contribution in [0.5, 0.6) is 0 Å². The maximum absolute atomic E-state index is 5.83. The van der Waals surface area contributed by atoms with Gasteiger partial charge in [0.15, 0.2) is 5.79 Å². The zero-order valence-electron chi connectivity index (χ0n) is 10.3. The smallest absolute Gasteiger partial charge is 0.188 e. The molecular formula is C13H17ClO2S. The number of hydrogen-bond acceptors (Lipinski definition) is 3. The Kier molecular flexibility index (Phi) is 3.93. The number of alkyl halides is 1. The summed E-state index contributed by atoms with van der Waals surface area (Å²) in [5.41, 5.74) is 2.36. The molecule has 0 spiro atoms. The van der Waals surface area contributed by atoms with Gasteiger partial charge in [0.25, 0.3) is 0 Å². The summed E-state index contributed by atoms with van der Waals surface area (Å²) in [6.45, 7) is 6.66. The van der Waals surface area contributed by atoms with E-state index in [2.05, 4.69) is 24.4 Å². The van der Waals surface area contributed by atoms with Crippen molar-refractivity contribution in [2.75, 3.05) is 12.5 Å². The van der Waals surface area contributed by atoms with Crippen molar-refractivity contribution in [3.63, 3.8) is 0 Å². The Balaban J connectivity index is 2.17. The Morgan fingerprint density at radius 2 is 2.47 bits per heavy atom. The summed E-state index contributed by atoms with van der Waals surface area (Å²) < 4.78 is 11.6. The normalized spacial score (nSPS) is 29.9. The molecule has 4 heteroatoms. The van der Waals surface area contributed by atoms with Crippen LogP contribution in [-0.4, -0.2) is 24.4 Å². The van der Waals surface area contributed by atoms with Gasteiger partial charge in [-0.15, -0.1) is 22.9 Å². The van der Waals surface area contributed by atoms with E-state index >= 15 is 0 Å². The Labute approximate surface area is 111 Å². The van der Waals surface area contributed by atoms with Gasteiger partial charge in [0.05, 0.1) is 18.6 Å². The lowest BCUT2D eigenvalue weighted by Crippen LogP contribution is -2.28. The van der Waals surface area contributed by atoms with Crippen LogP contribution in [0.4, 0.5) is 0 Å². The highest BCUT2D eigenvalue weighted by Crippen LogP contribution is 2.33. The Morgan fingerprint density at radius 1 is 1.71 bits per heavy atom. The summed E-state index contributed by atoms with van der Waals surface area (Å²) in [6.07, 6.45) is 2.13. The molecule has 1 aromatic rings. The molecule has 0 amide bonds. The molecule has 1 saturated heterocycles. The number of aryl methyl sites for hydroxylation is 1. The summed E-state index contributed by atoms with van der Waals surface area (Å²) in [5.74, 6) is -0.156. The van der Waals surface area contributed by atoms with Crippen LogP contribution < -0.4 is 0 Å². The number of thiophene rings is 1. The standard InChI is InChI=1S/C13H17ClO2S/c1-9-4-5-17-12(9)6-10(2)13(3)15-8-11(7-14)16-13/h4-6,11H,7-8H2,1-3H3. The van der Waals surface area contributed by atoms with E-state index in [1.54, 1.807) is 11.3 Å². The molecule has 2 nitrogen and oxygen atoms in total. The van der Waals surface area contributed by atoms with Gasteiger partial charge in [-0.25, -0.2) is 0 Å². The highest BCUT2D eigenvalue weighted by molar-refractivity contribution is 7.11. The fraction of sp³-hybridized carbons (Fsp3) is 0.538. The molecule has 17 heavy (non-hydrogen) atoms.